The molecule has 53 heavy (non-hydrogen) atoms. The van der Waals surface area contributed by atoms with Crippen LogP contribution in [0, 0.1) is 17.7 Å². The fourth-order valence-corrected chi connectivity index (χ4v) is 6.93. The number of rotatable bonds is 13. The molecule has 16 heteroatoms. The first-order chi connectivity index (χ1) is 25.6. The van der Waals surface area contributed by atoms with Gasteiger partial charge in [0.05, 0.1) is 24.0 Å². The molecule has 0 bridgehead atoms. The van der Waals surface area contributed by atoms with E-state index in [0.717, 1.165) is 59.4 Å². The van der Waals surface area contributed by atoms with E-state index in [1.807, 2.05) is 51.1 Å². The number of thiazole rings is 1. The molecule has 2 amide bonds. The molecule has 0 saturated heterocycles. The summed E-state index contributed by atoms with van der Waals surface area (Å²) in [5.41, 5.74) is 1.15. The maximum atomic E-state index is 14.9. The van der Waals surface area contributed by atoms with Crippen molar-refractivity contribution in [2.24, 2.45) is 5.92 Å². The molecule has 5 aromatic rings. The molecule has 1 aliphatic rings. The average Bonchev–Trinajstić information content (AvgIpc) is 3.93. The average molecular weight is 747 g/mol. The van der Waals surface area contributed by atoms with Gasteiger partial charge in [0.15, 0.2) is 5.82 Å². The highest BCUT2D eigenvalue weighted by atomic mass is 32.1. The molecule has 0 unspecified atom stereocenters. The normalized spacial score (nSPS) is 16.3. The standard InChI is InChI=1S/C37H40F2N8O5S/c1-4-51-26-12-10-25(11-13-26)46-19-29(33(45-46)32-27(38)14-15-31(39)44-32)41-34(48)30-21-53-35(42-30)24-17-40-47(18-24)36(49)28(16-22(2)3)43-37(50)52-20-23-8-6-5-7-9-23/h5-9,14-15,17-19,21-22,25-26,28H,4,10-13,16,20H2,1-3H3,(H,41,48)(H,43,50)/t25?,26?,28-/m0/s1. The molecule has 1 saturated carbocycles. The molecule has 0 aliphatic heterocycles. The molecule has 6 rings (SSSR count). The van der Waals surface area contributed by atoms with Crippen LogP contribution in [0.3, 0.4) is 0 Å². The van der Waals surface area contributed by atoms with Crippen molar-refractivity contribution in [3.05, 3.63) is 89.5 Å². The fourth-order valence-electron chi connectivity index (χ4n) is 6.15. The summed E-state index contributed by atoms with van der Waals surface area (Å²) in [6.45, 7) is 6.50. The van der Waals surface area contributed by atoms with Gasteiger partial charge in [-0.2, -0.15) is 14.6 Å². The molecule has 13 nitrogen and oxygen atoms in total. The number of nitrogens with zero attached hydrogens (tertiary/aromatic N) is 6. The van der Waals surface area contributed by atoms with Crippen LogP contribution in [-0.2, 0) is 16.1 Å². The molecule has 4 aromatic heterocycles. The summed E-state index contributed by atoms with van der Waals surface area (Å²) < 4.78 is 43.0. The van der Waals surface area contributed by atoms with Gasteiger partial charge in [-0.05, 0) is 62.6 Å². The van der Waals surface area contributed by atoms with Crippen molar-refractivity contribution < 1.29 is 32.6 Å². The third-order valence-corrected chi connectivity index (χ3v) is 9.63. The van der Waals surface area contributed by atoms with E-state index in [2.05, 4.69) is 30.8 Å². The Bertz CT molecular complexity index is 2040. The van der Waals surface area contributed by atoms with Crippen LogP contribution < -0.4 is 10.6 Å². The highest BCUT2D eigenvalue weighted by Gasteiger charge is 2.28. The van der Waals surface area contributed by atoms with Crippen molar-refractivity contribution in [3.63, 3.8) is 0 Å². The number of alkyl carbamates (subject to hydrolysis) is 1. The van der Waals surface area contributed by atoms with E-state index in [4.69, 9.17) is 9.47 Å². The summed E-state index contributed by atoms with van der Waals surface area (Å²) in [5.74, 6) is -2.67. The van der Waals surface area contributed by atoms with Crippen molar-refractivity contribution in [1.29, 1.82) is 0 Å². The van der Waals surface area contributed by atoms with E-state index in [0.29, 0.717) is 23.6 Å². The van der Waals surface area contributed by atoms with Crippen LogP contribution in [0.15, 0.2) is 66.4 Å². The molecule has 278 valence electrons. The molecule has 1 fully saturated rings. The number of carbonyl (C=O) groups is 3. The number of aromatic nitrogens is 6. The van der Waals surface area contributed by atoms with Gasteiger partial charge >= 0.3 is 6.09 Å². The van der Waals surface area contributed by atoms with Gasteiger partial charge in [0, 0.05) is 29.9 Å². The molecular weight excluding hydrogens is 707 g/mol. The van der Waals surface area contributed by atoms with Gasteiger partial charge in [-0.15, -0.1) is 11.3 Å². The minimum Gasteiger partial charge on any atom is -0.445 e. The summed E-state index contributed by atoms with van der Waals surface area (Å²) in [6, 6.07) is 10.1. The van der Waals surface area contributed by atoms with Gasteiger partial charge in [0.2, 0.25) is 5.95 Å². The van der Waals surface area contributed by atoms with E-state index in [1.54, 1.807) is 10.9 Å². The van der Waals surface area contributed by atoms with Crippen LogP contribution in [0.4, 0.5) is 19.3 Å². The van der Waals surface area contributed by atoms with Crippen LogP contribution in [0.2, 0.25) is 0 Å². The Balaban J connectivity index is 1.16. The van der Waals surface area contributed by atoms with Crippen molar-refractivity contribution in [2.75, 3.05) is 11.9 Å². The van der Waals surface area contributed by atoms with E-state index in [1.165, 1.54) is 17.8 Å². The van der Waals surface area contributed by atoms with Gasteiger partial charge in [-0.25, -0.2) is 23.8 Å². The summed E-state index contributed by atoms with van der Waals surface area (Å²) in [7, 11) is 0. The third-order valence-electron chi connectivity index (χ3n) is 8.74. The number of hydrogen-bond acceptors (Lipinski definition) is 10. The Morgan fingerprint density at radius 3 is 2.51 bits per heavy atom. The molecular formula is C37H40F2N8O5S. The predicted octanol–water partition coefficient (Wildman–Crippen LogP) is 7.30. The Kier molecular flexibility index (Phi) is 12.0. The van der Waals surface area contributed by atoms with Crippen molar-refractivity contribution in [1.82, 2.24) is 34.8 Å². The number of anilines is 1. The molecule has 4 heterocycles. The Morgan fingerprint density at radius 2 is 1.77 bits per heavy atom. The van der Waals surface area contributed by atoms with E-state index in [-0.39, 0.29) is 47.4 Å². The Hall–Kier alpha value is -5.35. The highest BCUT2D eigenvalue weighted by Crippen LogP contribution is 2.35. The second kappa shape index (κ2) is 17.0. The minimum absolute atomic E-state index is 0.00830. The minimum atomic E-state index is -0.907. The lowest BCUT2D eigenvalue weighted by molar-refractivity contribution is 0.0260. The molecule has 0 spiro atoms. The van der Waals surface area contributed by atoms with Crippen LogP contribution >= 0.6 is 11.3 Å². The quantitative estimate of drug-likeness (QED) is 0.118. The maximum Gasteiger partial charge on any atom is 0.408 e. The Morgan fingerprint density at radius 1 is 1.00 bits per heavy atom. The highest BCUT2D eigenvalue weighted by molar-refractivity contribution is 7.13. The van der Waals surface area contributed by atoms with E-state index in [9.17, 15) is 23.2 Å². The van der Waals surface area contributed by atoms with Gasteiger partial charge in [0.1, 0.15) is 34.7 Å². The van der Waals surface area contributed by atoms with Gasteiger partial charge in [-0.3, -0.25) is 14.3 Å². The monoisotopic (exact) mass is 746 g/mol. The van der Waals surface area contributed by atoms with Crippen molar-refractivity contribution in [3.8, 4) is 22.0 Å². The maximum absolute atomic E-state index is 14.9. The van der Waals surface area contributed by atoms with Crippen LogP contribution in [0.25, 0.3) is 22.0 Å². The molecule has 1 aliphatic carbocycles. The van der Waals surface area contributed by atoms with Crippen LogP contribution in [0.5, 0.6) is 0 Å². The largest absolute Gasteiger partial charge is 0.445 e. The van der Waals surface area contributed by atoms with Crippen LogP contribution in [0.1, 0.15) is 79.8 Å². The second-order valence-electron chi connectivity index (χ2n) is 13.1. The summed E-state index contributed by atoms with van der Waals surface area (Å²) in [5, 5.41) is 16.2. The SMILES string of the molecule is CCOC1CCC(n2cc(NC(=O)c3csc(-c4cnn(C(=O)[C@H](CC(C)C)NC(=O)OCc5ccccc5)c4)n3)c(-c3nc(F)ccc3F)n2)CC1. The predicted molar refractivity (Wildman–Crippen MR) is 193 cm³/mol. The first-order valence-electron chi connectivity index (χ1n) is 17.4. The zero-order chi connectivity index (χ0) is 37.5. The number of pyridine rings is 1. The summed E-state index contributed by atoms with van der Waals surface area (Å²) in [4.78, 5) is 47.8. The molecule has 2 N–H and O–H groups in total. The van der Waals surface area contributed by atoms with Crippen molar-refractivity contribution >= 4 is 34.9 Å². The number of hydrogen-bond donors (Lipinski definition) is 2. The van der Waals surface area contributed by atoms with E-state index < -0.39 is 35.7 Å². The first-order valence-corrected chi connectivity index (χ1v) is 18.3. The smallest absolute Gasteiger partial charge is 0.408 e. The lowest BCUT2D eigenvalue weighted by Crippen LogP contribution is -2.44. The fraction of sp³-hybridized carbons (Fsp3) is 0.378. The number of amides is 2. The lowest BCUT2D eigenvalue weighted by Gasteiger charge is -2.28. The van der Waals surface area contributed by atoms with Crippen molar-refractivity contribution in [2.45, 2.75) is 77.7 Å². The van der Waals surface area contributed by atoms with Gasteiger partial charge < -0.3 is 20.1 Å². The zero-order valence-electron chi connectivity index (χ0n) is 29.5. The molecule has 1 aromatic carbocycles. The number of benzene rings is 1. The number of carbonyl (C=O) groups excluding carboxylic acids is 3. The zero-order valence-corrected chi connectivity index (χ0v) is 30.3. The third kappa shape index (κ3) is 9.37. The van der Waals surface area contributed by atoms with Crippen LogP contribution in [-0.4, -0.2) is 66.2 Å². The lowest BCUT2D eigenvalue weighted by atomic mass is 9.93. The van der Waals surface area contributed by atoms with Gasteiger partial charge in [0.25, 0.3) is 11.8 Å². The first kappa shape index (κ1) is 37.4. The van der Waals surface area contributed by atoms with Gasteiger partial charge in [-0.1, -0.05) is 44.2 Å². The molecule has 1 atom stereocenters. The Labute approximate surface area is 308 Å². The topological polar surface area (TPSA) is 155 Å². The van der Waals surface area contributed by atoms with E-state index >= 15 is 0 Å². The number of nitrogens with one attached hydrogen (secondary N) is 2. The summed E-state index contributed by atoms with van der Waals surface area (Å²) >= 11 is 1.16. The number of halogens is 2. The second-order valence-corrected chi connectivity index (χ2v) is 14.0. The molecule has 0 radical (unpaired) electrons. The number of ether oxygens (including phenoxy) is 2. The summed E-state index contributed by atoms with van der Waals surface area (Å²) in [6.07, 6.45) is 7.47.